The summed E-state index contributed by atoms with van der Waals surface area (Å²) in [4.78, 5) is 10.8. The zero-order valence-electron chi connectivity index (χ0n) is 8.20. The maximum Gasteiger partial charge on any atom is 0.221 e. The van der Waals surface area contributed by atoms with Crippen LogP contribution in [0.4, 0.5) is 0 Å². The summed E-state index contributed by atoms with van der Waals surface area (Å²) in [6.45, 7) is 0. The first kappa shape index (κ1) is 10.2. The molecule has 1 amide bonds. The lowest BCUT2D eigenvalue weighted by Crippen LogP contribution is -2.13. The van der Waals surface area contributed by atoms with Crippen molar-refractivity contribution in [3.63, 3.8) is 0 Å². The SMILES string of the molecule is Cn1ncc2c(Br)cc(CC(N)=O)cc21. The highest BCUT2D eigenvalue weighted by Crippen LogP contribution is 2.25. The van der Waals surface area contributed by atoms with Crippen LogP contribution in [0.3, 0.4) is 0 Å². The third-order valence-electron chi connectivity index (χ3n) is 2.25. The monoisotopic (exact) mass is 267 g/mol. The fraction of sp³-hybridized carbons (Fsp3) is 0.200. The van der Waals surface area contributed by atoms with Gasteiger partial charge in [-0.3, -0.25) is 9.48 Å². The quantitative estimate of drug-likeness (QED) is 0.894. The summed E-state index contributed by atoms with van der Waals surface area (Å²) in [5.41, 5.74) is 7.04. The van der Waals surface area contributed by atoms with Gasteiger partial charge in [0.1, 0.15) is 0 Å². The average Bonchev–Trinajstić information content (AvgIpc) is 2.47. The van der Waals surface area contributed by atoms with Gasteiger partial charge in [-0.1, -0.05) is 15.9 Å². The molecule has 0 radical (unpaired) electrons. The number of carbonyl (C=O) groups excluding carboxylic acids is 1. The molecule has 0 fully saturated rings. The summed E-state index contributed by atoms with van der Waals surface area (Å²) in [5.74, 6) is -0.330. The number of halogens is 1. The number of aromatic nitrogens is 2. The van der Waals surface area contributed by atoms with Crippen LogP contribution in [0.25, 0.3) is 10.9 Å². The van der Waals surface area contributed by atoms with Crippen LogP contribution in [0.1, 0.15) is 5.56 Å². The van der Waals surface area contributed by atoms with Crippen molar-refractivity contribution in [1.29, 1.82) is 0 Å². The Balaban J connectivity index is 2.59. The molecule has 2 rings (SSSR count). The van der Waals surface area contributed by atoms with Gasteiger partial charge < -0.3 is 5.73 Å². The number of hydrogen-bond donors (Lipinski definition) is 1. The van der Waals surface area contributed by atoms with E-state index in [1.165, 1.54) is 0 Å². The smallest absolute Gasteiger partial charge is 0.221 e. The Bertz CT molecular complexity index is 533. The molecule has 0 saturated heterocycles. The fourth-order valence-electron chi connectivity index (χ4n) is 1.56. The number of amides is 1. The summed E-state index contributed by atoms with van der Waals surface area (Å²) >= 11 is 3.45. The molecule has 1 aromatic carbocycles. The minimum atomic E-state index is -0.330. The minimum Gasteiger partial charge on any atom is -0.369 e. The van der Waals surface area contributed by atoms with Crippen LogP contribution in [-0.2, 0) is 18.3 Å². The standard InChI is InChI=1S/C10H10BrN3O/c1-14-9-3-6(4-10(12)15)2-8(11)7(9)5-13-14/h2-3,5H,4H2,1H3,(H2,12,15). The molecule has 5 heteroatoms. The molecule has 0 atom stereocenters. The molecule has 0 aliphatic rings. The first-order valence-electron chi connectivity index (χ1n) is 4.46. The van der Waals surface area contributed by atoms with E-state index >= 15 is 0 Å². The van der Waals surface area contributed by atoms with E-state index in [9.17, 15) is 4.79 Å². The lowest BCUT2D eigenvalue weighted by atomic mass is 10.1. The van der Waals surface area contributed by atoms with Gasteiger partial charge in [0.25, 0.3) is 0 Å². The zero-order valence-corrected chi connectivity index (χ0v) is 9.78. The van der Waals surface area contributed by atoms with Crippen LogP contribution in [0.5, 0.6) is 0 Å². The van der Waals surface area contributed by atoms with Crippen molar-refractivity contribution < 1.29 is 4.79 Å². The molecule has 2 aromatic rings. The van der Waals surface area contributed by atoms with E-state index in [0.29, 0.717) is 0 Å². The van der Waals surface area contributed by atoms with Crippen LogP contribution in [-0.4, -0.2) is 15.7 Å². The van der Waals surface area contributed by atoms with Crippen LogP contribution < -0.4 is 5.73 Å². The predicted molar refractivity (Wildman–Crippen MR) is 61.3 cm³/mol. The van der Waals surface area contributed by atoms with Gasteiger partial charge in [0.15, 0.2) is 0 Å². The highest BCUT2D eigenvalue weighted by Gasteiger charge is 2.07. The van der Waals surface area contributed by atoms with Crippen LogP contribution >= 0.6 is 15.9 Å². The zero-order chi connectivity index (χ0) is 11.0. The molecule has 0 saturated carbocycles. The number of hydrogen-bond acceptors (Lipinski definition) is 2. The summed E-state index contributed by atoms with van der Waals surface area (Å²) in [7, 11) is 1.86. The Morgan fingerprint density at radius 3 is 3.00 bits per heavy atom. The van der Waals surface area contributed by atoms with Crippen molar-refractivity contribution in [2.24, 2.45) is 12.8 Å². The highest BCUT2D eigenvalue weighted by atomic mass is 79.9. The van der Waals surface area contributed by atoms with Gasteiger partial charge in [0.2, 0.25) is 5.91 Å². The minimum absolute atomic E-state index is 0.250. The number of benzene rings is 1. The second-order valence-corrected chi connectivity index (χ2v) is 4.28. The fourth-order valence-corrected chi connectivity index (χ4v) is 2.16. The van der Waals surface area contributed by atoms with Gasteiger partial charge >= 0.3 is 0 Å². The maximum absolute atomic E-state index is 10.8. The van der Waals surface area contributed by atoms with E-state index < -0.39 is 0 Å². The maximum atomic E-state index is 10.8. The Morgan fingerprint density at radius 1 is 1.60 bits per heavy atom. The third-order valence-corrected chi connectivity index (χ3v) is 2.91. The molecule has 1 aromatic heterocycles. The molecular formula is C10H10BrN3O. The van der Waals surface area contributed by atoms with E-state index in [1.807, 2.05) is 19.2 Å². The lowest BCUT2D eigenvalue weighted by molar-refractivity contribution is -0.117. The molecule has 15 heavy (non-hydrogen) atoms. The van der Waals surface area contributed by atoms with Gasteiger partial charge in [0, 0.05) is 16.9 Å². The molecule has 0 spiro atoms. The normalized spacial score (nSPS) is 10.8. The molecule has 0 unspecified atom stereocenters. The van der Waals surface area contributed by atoms with Gasteiger partial charge in [-0.2, -0.15) is 5.10 Å². The Hall–Kier alpha value is -1.36. The van der Waals surface area contributed by atoms with E-state index in [4.69, 9.17) is 5.73 Å². The molecule has 1 heterocycles. The Labute approximate surface area is 95.2 Å². The van der Waals surface area contributed by atoms with E-state index in [1.54, 1.807) is 10.9 Å². The van der Waals surface area contributed by atoms with Gasteiger partial charge in [-0.25, -0.2) is 0 Å². The van der Waals surface area contributed by atoms with Crippen molar-refractivity contribution in [2.45, 2.75) is 6.42 Å². The van der Waals surface area contributed by atoms with Crippen LogP contribution in [0.15, 0.2) is 22.8 Å². The summed E-state index contributed by atoms with van der Waals surface area (Å²) in [6.07, 6.45) is 2.03. The molecule has 2 N–H and O–H groups in total. The molecule has 4 nitrogen and oxygen atoms in total. The Morgan fingerprint density at radius 2 is 2.33 bits per heavy atom. The molecule has 0 aliphatic heterocycles. The van der Waals surface area contributed by atoms with Crippen molar-refractivity contribution in [3.05, 3.63) is 28.4 Å². The van der Waals surface area contributed by atoms with Crippen molar-refractivity contribution in [1.82, 2.24) is 9.78 Å². The second kappa shape index (κ2) is 3.66. The van der Waals surface area contributed by atoms with Crippen LogP contribution in [0.2, 0.25) is 0 Å². The number of rotatable bonds is 2. The Kier molecular flexibility index (Phi) is 2.48. The number of nitrogens with two attached hydrogens (primary N) is 1. The summed E-state index contributed by atoms with van der Waals surface area (Å²) in [5, 5.41) is 5.18. The number of nitrogens with zero attached hydrogens (tertiary/aromatic N) is 2. The third kappa shape index (κ3) is 1.87. The van der Waals surface area contributed by atoms with Crippen LogP contribution in [0, 0.1) is 0 Å². The van der Waals surface area contributed by atoms with Crippen molar-refractivity contribution in [2.75, 3.05) is 0 Å². The topological polar surface area (TPSA) is 60.9 Å². The first-order valence-corrected chi connectivity index (χ1v) is 5.25. The van der Waals surface area contributed by atoms with Gasteiger partial charge in [0.05, 0.1) is 18.1 Å². The number of primary amides is 1. The second-order valence-electron chi connectivity index (χ2n) is 3.42. The van der Waals surface area contributed by atoms with Gasteiger partial charge in [-0.15, -0.1) is 0 Å². The first-order chi connectivity index (χ1) is 7.08. The largest absolute Gasteiger partial charge is 0.369 e. The number of carbonyl (C=O) groups is 1. The van der Waals surface area contributed by atoms with Crippen molar-refractivity contribution >= 4 is 32.7 Å². The number of aryl methyl sites for hydroxylation is 1. The molecule has 78 valence electrons. The number of fused-ring (bicyclic) bond motifs is 1. The summed E-state index contributed by atoms with van der Waals surface area (Å²) in [6, 6.07) is 3.83. The molecule has 0 bridgehead atoms. The highest BCUT2D eigenvalue weighted by molar-refractivity contribution is 9.10. The molecule has 0 aliphatic carbocycles. The molecular weight excluding hydrogens is 258 g/mol. The predicted octanol–water partition coefficient (Wildman–Crippen LogP) is 1.36. The van der Waals surface area contributed by atoms with Gasteiger partial charge in [-0.05, 0) is 17.7 Å². The average molecular weight is 268 g/mol. The van der Waals surface area contributed by atoms with E-state index in [0.717, 1.165) is 20.9 Å². The lowest BCUT2D eigenvalue weighted by Gasteiger charge is -2.02. The van der Waals surface area contributed by atoms with E-state index in [2.05, 4.69) is 21.0 Å². The summed E-state index contributed by atoms with van der Waals surface area (Å²) < 4.78 is 2.70. The van der Waals surface area contributed by atoms with E-state index in [-0.39, 0.29) is 12.3 Å². The van der Waals surface area contributed by atoms with Crippen molar-refractivity contribution in [3.8, 4) is 0 Å².